The van der Waals surface area contributed by atoms with Crippen LogP contribution in [0.3, 0.4) is 0 Å². The van der Waals surface area contributed by atoms with Crippen LogP contribution >= 0.6 is 0 Å². The fourth-order valence-corrected chi connectivity index (χ4v) is 3.35. The van der Waals surface area contributed by atoms with Gasteiger partial charge >= 0.3 is 0 Å². The normalized spacial score (nSPS) is 19.9. The van der Waals surface area contributed by atoms with Gasteiger partial charge in [-0.05, 0) is 62.8 Å². The van der Waals surface area contributed by atoms with E-state index in [1.54, 1.807) is 24.3 Å². The van der Waals surface area contributed by atoms with Crippen LogP contribution < -0.4 is 9.47 Å². The molecule has 0 heterocycles. The SMILES string of the molecule is O=[N+]([O-])c1ccc(OC2CCCC(Oc3ccc([N+](=O)[O-])cc3)CCC2)cc1. The highest BCUT2D eigenvalue weighted by Crippen LogP contribution is 2.27. The van der Waals surface area contributed by atoms with E-state index in [4.69, 9.17) is 9.47 Å². The van der Waals surface area contributed by atoms with Crippen molar-refractivity contribution in [2.75, 3.05) is 0 Å². The van der Waals surface area contributed by atoms with Crippen molar-refractivity contribution in [2.24, 2.45) is 0 Å². The largest absolute Gasteiger partial charge is 0.490 e. The number of non-ortho nitro benzene ring substituents is 2. The number of nitro groups is 2. The molecule has 8 nitrogen and oxygen atoms in total. The van der Waals surface area contributed by atoms with Crippen molar-refractivity contribution in [2.45, 2.75) is 50.7 Å². The molecule has 1 fully saturated rings. The summed E-state index contributed by atoms with van der Waals surface area (Å²) in [5.41, 5.74) is 0.104. The Balaban J connectivity index is 1.48. The van der Waals surface area contributed by atoms with Crippen LogP contribution in [-0.4, -0.2) is 22.1 Å². The van der Waals surface area contributed by atoms with Gasteiger partial charge in [0.05, 0.1) is 22.1 Å². The zero-order chi connectivity index (χ0) is 19.9. The van der Waals surface area contributed by atoms with Crippen LogP contribution in [-0.2, 0) is 0 Å². The Morgan fingerprint density at radius 1 is 0.643 bits per heavy atom. The average molecular weight is 386 g/mol. The van der Waals surface area contributed by atoms with Gasteiger partial charge in [0.2, 0.25) is 0 Å². The molecule has 0 aliphatic heterocycles. The van der Waals surface area contributed by atoms with E-state index >= 15 is 0 Å². The number of nitro benzene ring substituents is 2. The van der Waals surface area contributed by atoms with Crippen molar-refractivity contribution in [1.82, 2.24) is 0 Å². The van der Waals surface area contributed by atoms with Crippen molar-refractivity contribution in [3.63, 3.8) is 0 Å². The predicted molar refractivity (Wildman–Crippen MR) is 103 cm³/mol. The molecule has 0 unspecified atom stereocenters. The summed E-state index contributed by atoms with van der Waals surface area (Å²) in [6.45, 7) is 0. The molecule has 0 saturated heterocycles. The molecular weight excluding hydrogens is 364 g/mol. The summed E-state index contributed by atoms with van der Waals surface area (Å²) in [7, 11) is 0. The topological polar surface area (TPSA) is 105 Å². The second-order valence-corrected chi connectivity index (χ2v) is 6.84. The highest BCUT2D eigenvalue weighted by atomic mass is 16.6. The Bertz CT molecular complexity index is 729. The van der Waals surface area contributed by atoms with Gasteiger partial charge in [-0.1, -0.05) is 0 Å². The van der Waals surface area contributed by atoms with E-state index in [-0.39, 0.29) is 23.6 Å². The second-order valence-electron chi connectivity index (χ2n) is 6.84. The molecule has 1 aliphatic rings. The molecule has 1 aliphatic carbocycles. The third kappa shape index (κ3) is 5.42. The van der Waals surface area contributed by atoms with E-state index in [9.17, 15) is 20.2 Å². The number of hydrogen-bond acceptors (Lipinski definition) is 6. The molecule has 0 spiro atoms. The summed E-state index contributed by atoms with van der Waals surface area (Å²) < 4.78 is 12.0. The Morgan fingerprint density at radius 2 is 0.964 bits per heavy atom. The maximum absolute atomic E-state index is 10.7. The predicted octanol–water partition coefficient (Wildman–Crippen LogP) is 5.05. The fraction of sp³-hybridized carbons (Fsp3) is 0.400. The van der Waals surface area contributed by atoms with Crippen LogP contribution in [0.2, 0.25) is 0 Å². The van der Waals surface area contributed by atoms with Gasteiger partial charge in [0, 0.05) is 24.3 Å². The van der Waals surface area contributed by atoms with E-state index in [1.807, 2.05) is 0 Å². The Hall–Kier alpha value is -3.16. The third-order valence-electron chi connectivity index (χ3n) is 4.80. The molecule has 3 rings (SSSR count). The molecule has 0 N–H and O–H groups in total. The van der Waals surface area contributed by atoms with Crippen LogP contribution in [0.25, 0.3) is 0 Å². The molecule has 0 aromatic heterocycles. The number of ether oxygens (including phenoxy) is 2. The first-order chi connectivity index (χ1) is 13.5. The first kappa shape index (κ1) is 19.6. The highest BCUT2D eigenvalue weighted by molar-refractivity contribution is 5.36. The minimum atomic E-state index is -0.426. The molecule has 8 heteroatoms. The third-order valence-corrected chi connectivity index (χ3v) is 4.80. The molecule has 2 aromatic rings. The van der Waals surface area contributed by atoms with Gasteiger partial charge < -0.3 is 9.47 Å². The van der Waals surface area contributed by atoms with Crippen molar-refractivity contribution in [3.05, 3.63) is 68.8 Å². The summed E-state index contributed by atoms with van der Waals surface area (Å²) >= 11 is 0. The smallest absolute Gasteiger partial charge is 0.269 e. The molecular formula is C20H22N2O6. The lowest BCUT2D eigenvalue weighted by Gasteiger charge is -2.26. The maximum Gasteiger partial charge on any atom is 0.269 e. The summed E-state index contributed by atoms with van der Waals surface area (Å²) in [6, 6.07) is 12.3. The number of rotatable bonds is 6. The average Bonchev–Trinajstić information content (AvgIpc) is 2.66. The van der Waals surface area contributed by atoms with Crippen molar-refractivity contribution in [1.29, 1.82) is 0 Å². The number of hydrogen-bond donors (Lipinski definition) is 0. The standard InChI is InChI=1S/C20H22N2O6/c23-21(24)15-7-11-19(12-8-15)27-17-3-1-4-18(6-2-5-17)28-20-13-9-16(10-14-20)22(25)26/h7-14,17-18H,1-6H2. The monoisotopic (exact) mass is 386 g/mol. The van der Waals surface area contributed by atoms with Gasteiger partial charge in [-0.2, -0.15) is 0 Å². The van der Waals surface area contributed by atoms with Crippen LogP contribution in [0, 0.1) is 20.2 Å². The molecule has 1 saturated carbocycles. The van der Waals surface area contributed by atoms with E-state index in [0.29, 0.717) is 11.5 Å². The zero-order valence-corrected chi connectivity index (χ0v) is 15.4. The van der Waals surface area contributed by atoms with E-state index in [2.05, 4.69) is 0 Å². The first-order valence-corrected chi connectivity index (χ1v) is 9.33. The fourth-order valence-electron chi connectivity index (χ4n) is 3.35. The first-order valence-electron chi connectivity index (χ1n) is 9.33. The molecule has 0 atom stereocenters. The maximum atomic E-state index is 10.7. The van der Waals surface area contributed by atoms with Gasteiger partial charge in [0.15, 0.2) is 0 Å². The lowest BCUT2D eigenvalue weighted by atomic mass is 9.96. The minimum Gasteiger partial charge on any atom is -0.490 e. The summed E-state index contributed by atoms with van der Waals surface area (Å²) in [6.07, 6.45) is 5.59. The number of nitrogens with zero attached hydrogens (tertiary/aromatic N) is 2. The Morgan fingerprint density at radius 3 is 1.25 bits per heavy atom. The lowest BCUT2D eigenvalue weighted by Crippen LogP contribution is -2.24. The van der Waals surface area contributed by atoms with Crippen molar-refractivity contribution in [3.8, 4) is 11.5 Å². The summed E-state index contributed by atoms with van der Waals surface area (Å²) in [4.78, 5) is 20.6. The number of benzene rings is 2. The van der Waals surface area contributed by atoms with Gasteiger partial charge in [-0.3, -0.25) is 20.2 Å². The minimum absolute atomic E-state index is 0.0521. The quantitative estimate of drug-likeness (QED) is 0.508. The Kier molecular flexibility index (Phi) is 6.41. The molecule has 28 heavy (non-hydrogen) atoms. The molecule has 0 radical (unpaired) electrons. The van der Waals surface area contributed by atoms with Crippen LogP contribution in [0.5, 0.6) is 11.5 Å². The molecule has 2 aromatic carbocycles. The lowest BCUT2D eigenvalue weighted by molar-refractivity contribution is -0.385. The molecule has 0 amide bonds. The van der Waals surface area contributed by atoms with Crippen LogP contribution in [0.4, 0.5) is 11.4 Å². The summed E-state index contributed by atoms with van der Waals surface area (Å²) in [5.74, 6) is 1.30. The van der Waals surface area contributed by atoms with Crippen molar-refractivity contribution < 1.29 is 19.3 Å². The van der Waals surface area contributed by atoms with E-state index in [1.165, 1.54) is 24.3 Å². The Labute approximate surface area is 162 Å². The van der Waals surface area contributed by atoms with Crippen LogP contribution in [0.15, 0.2) is 48.5 Å². The van der Waals surface area contributed by atoms with Gasteiger partial charge in [0.25, 0.3) is 11.4 Å². The van der Waals surface area contributed by atoms with Gasteiger partial charge in [-0.15, -0.1) is 0 Å². The molecule has 148 valence electrons. The van der Waals surface area contributed by atoms with E-state index in [0.717, 1.165) is 38.5 Å². The molecule has 0 bridgehead atoms. The zero-order valence-electron chi connectivity index (χ0n) is 15.4. The second kappa shape index (κ2) is 9.16. The van der Waals surface area contributed by atoms with E-state index < -0.39 is 9.85 Å². The highest BCUT2D eigenvalue weighted by Gasteiger charge is 2.20. The summed E-state index contributed by atoms with van der Waals surface area (Å²) in [5, 5.41) is 21.4. The van der Waals surface area contributed by atoms with Gasteiger partial charge in [-0.25, -0.2) is 0 Å². The van der Waals surface area contributed by atoms with Crippen molar-refractivity contribution >= 4 is 11.4 Å². The van der Waals surface area contributed by atoms with Crippen LogP contribution in [0.1, 0.15) is 38.5 Å². The van der Waals surface area contributed by atoms with Gasteiger partial charge in [0.1, 0.15) is 11.5 Å².